The summed E-state index contributed by atoms with van der Waals surface area (Å²) in [7, 11) is 1.82. The molecule has 13 heavy (non-hydrogen) atoms. The summed E-state index contributed by atoms with van der Waals surface area (Å²) in [4.78, 5) is 10.9. The smallest absolute Gasteiger partial charge is 0.247 e. The van der Waals surface area contributed by atoms with Crippen LogP contribution in [0, 0.1) is 13.8 Å². The molecule has 0 bridgehead atoms. The SMILES string of the molecule is Cc1nn(C)c(C)c1CC(=O)NO. The summed E-state index contributed by atoms with van der Waals surface area (Å²) < 4.78 is 1.72. The molecule has 1 heterocycles. The van der Waals surface area contributed by atoms with Crippen molar-refractivity contribution in [1.82, 2.24) is 15.3 Å². The minimum Gasteiger partial charge on any atom is -0.289 e. The molecular formula is C8H13N3O2. The Morgan fingerprint density at radius 3 is 2.62 bits per heavy atom. The Labute approximate surface area is 76.3 Å². The Balaban J connectivity index is 2.94. The van der Waals surface area contributed by atoms with Gasteiger partial charge in [0.25, 0.3) is 0 Å². The lowest BCUT2D eigenvalue weighted by Crippen LogP contribution is -2.21. The summed E-state index contributed by atoms with van der Waals surface area (Å²) in [5, 5.41) is 12.5. The molecule has 0 aliphatic rings. The molecule has 0 radical (unpaired) electrons. The Bertz CT molecular complexity index is 330. The van der Waals surface area contributed by atoms with Gasteiger partial charge in [-0.05, 0) is 13.8 Å². The van der Waals surface area contributed by atoms with Crippen LogP contribution < -0.4 is 5.48 Å². The second-order valence-corrected chi connectivity index (χ2v) is 2.98. The number of nitrogens with zero attached hydrogens (tertiary/aromatic N) is 2. The molecule has 2 N–H and O–H groups in total. The number of hydroxylamine groups is 1. The second-order valence-electron chi connectivity index (χ2n) is 2.98. The average molecular weight is 183 g/mol. The standard InChI is InChI=1S/C8H13N3O2/c1-5-7(4-8(12)10-13)6(2)11(3)9-5/h13H,4H2,1-3H3,(H,10,12). The lowest BCUT2D eigenvalue weighted by atomic mass is 10.1. The predicted molar refractivity (Wildman–Crippen MR) is 46.3 cm³/mol. The van der Waals surface area contributed by atoms with Gasteiger partial charge in [0.05, 0.1) is 12.1 Å². The predicted octanol–water partition coefficient (Wildman–Crippen LogP) is 0.0848. The number of carbonyl (C=O) groups is 1. The summed E-state index contributed by atoms with van der Waals surface area (Å²) in [6, 6.07) is 0. The van der Waals surface area contributed by atoms with Crippen molar-refractivity contribution in [2.75, 3.05) is 0 Å². The molecule has 0 atom stereocenters. The van der Waals surface area contributed by atoms with Gasteiger partial charge in [-0.1, -0.05) is 0 Å². The molecule has 0 aromatic carbocycles. The maximum absolute atomic E-state index is 10.9. The van der Waals surface area contributed by atoms with E-state index in [4.69, 9.17) is 5.21 Å². The highest BCUT2D eigenvalue weighted by atomic mass is 16.5. The number of hydrogen-bond acceptors (Lipinski definition) is 3. The van der Waals surface area contributed by atoms with Crippen LogP contribution in [0.25, 0.3) is 0 Å². The van der Waals surface area contributed by atoms with Crippen molar-refractivity contribution in [1.29, 1.82) is 0 Å². The maximum atomic E-state index is 10.9. The molecular weight excluding hydrogens is 170 g/mol. The summed E-state index contributed by atoms with van der Waals surface area (Å²) in [5.74, 6) is -0.417. The molecule has 0 spiro atoms. The first-order chi connectivity index (χ1) is 6.06. The fourth-order valence-electron chi connectivity index (χ4n) is 1.27. The molecule has 1 aromatic heterocycles. The van der Waals surface area contributed by atoms with Crippen molar-refractivity contribution in [3.05, 3.63) is 17.0 Å². The molecule has 5 heteroatoms. The lowest BCUT2D eigenvalue weighted by molar-refractivity contribution is -0.128. The first-order valence-corrected chi connectivity index (χ1v) is 3.98. The third-order valence-electron chi connectivity index (χ3n) is 2.12. The number of rotatable bonds is 2. The Morgan fingerprint density at radius 2 is 2.23 bits per heavy atom. The maximum Gasteiger partial charge on any atom is 0.247 e. The molecule has 0 saturated heterocycles. The Morgan fingerprint density at radius 1 is 1.62 bits per heavy atom. The van der Waals surface area contributed by atoms with E-state index < -0.39 is 5.91 Å². The van der Waals surface area contributed by atoms with E-state index in [2.05, 4.69) is 5.10 Å². The molecule has 0 unspecified atom stereocenters. The fraction of sp³-hybridized carbons (Fsp3) is 0.500. The Hall–Kier alpha value is -1.36. The van der Waals surface area contributed by atoms with E-state index in [-0.39, 0.29) is 6.42 Å². The third-order valence-corrected chi connectivity index (χ3v) is 2.12. The molecule has 0 saturated carbocycles. The van der Waals surface area contributed by atoms with Gasteiger partial charge in [0, 0.05) is 18.3 Å². The first kappa shape index (κ1) is 9.73. The van der Waals surface area contributed by atoms with Crippen LogP contribution in [0.1, 0.15) is 17.0 Å². The highest BCUT2D eigenvalue weighted by molar-refractivity contribution is 5.77. The van der Waals surface area contributed by atoms with Gasteiger partial charge < -0.3 is 0 Å². The van der Waals surface area contributed by atoms with Crippen molar-refractivity contribution in [2.45, 2.75) is 20.3 Å². The number of amides is 1. The van der Waals surface area contributed by atoms with E-state index in [0.717, 1.165) is 17.0 Å². The summed E-state index contributed by atoms with van der Waals surface area (Å²) in [5.41, 5.74) is 4.24. The van der Waals surface area contributed by atoms with Crippen LogP contribution in [0.15, 0.2) is 0 Å². The van der Waals surface area contributed by atoms with Crippen molar-refractivity contribution < 1.29 is 10.0 Å². The highest BCUT2D eigenvalue weighted by Gasteiger charge is 2.12. The van der Waals surface area contributed by atoms with Gasteiger partial charge in [-0.15, -0.1) is 0 Å². The minimum atomic E-state index is -0.417. The van der Waals surface area contributed by atoms with Crippen LogP contribution in [0.5, 0.6) is 0 Å². The second kappa shape index (κ2) is 3.57. The minimum absolute atomic E-state index is 0.169. The monoisotopic (exact) mass is 183 g/mol. The van der Waals surface area contributed by atoms with E-state index in [1.165, 1.54) is 0 Å². The van der Waals surface area contributed by atoms with Crippen molar-refractivity contribution in [3.63, 3.8) is 0 Å². The third kappa shape index (κ3) is 1.86. The molecule has 72 valence electrons. The van der Waals surface area contributed by atoms with E-state index in [0.29, 0.717) is 0 Å². The number of hydrogen-bond donors (Lipinski definition) is 2. The largest absolute Gasteiger partial charge is 0.289 e. The quantitative estimate of drug-likeness (QED) is 0.504. The molecule has 0 aliphatic heterocycles. The van der Waals surface area contributed by atoms with Crippen LogP contribution in [-0.4, -0.2) is 20.9 Å². The summed E-state index contributed by atoms with van der Waals surface area (Å²) >= 11 is 0. The summed E-state index contributed by atoms with van der Waals surface area (Å²) in [6.07, 6.45) is 0.169. The van der Waals surface area contributed by atoms with Gasteiger partial charge in [-0.3, -0.25) is 14.7 Å². The highest BCUT2D eigenvalue weighted by Crippen LogP contribution is 2.11. The van der Waals surface area contributed by atoms with Gasteiger partial charge in [0.15, 0.2) is 0 Å². The van der Waals surface area contributed by atoms with Gasteiger partial charge in [-0.2, -0.15) is 5.10 Å². The van der Waals surface area contributed by atoms with Crippen LogP contribution in [0.4, 0.5) is 0 Å². The van der Waals surface area contributed by atoms with Crippen LogP contribution in [-0.2, 0) is 18.3 Å². The zero-order valence-electron chi connectivity index (χ0n) is 7.96. The van der Waals surface area contributed by atoms with Crippen molar-refractivity contribution in [2.24, 2.45) is 7.05 Å². The van der Waals surface area contributed by atoms with Gasteiger partial charge in [-0.25, -0.2) is 5.48 Å². The Kier molecular flexibility index (Phi) is 2.67. The molecule has 0 fully saturated rings. The van der Waals surface area contributed by atoms with Crippen molar-refractivity contribution >= 4 is 5.91 Å². The molecule has 1 aromatic rings. The van der Waals surface area contributed by atoms with Gasteiger partial charge >= 0.3 is 0 Å². The summed E-state index contributed by atoms with van der Waals surface area (Å²) in [6.45, 7) is 3.73. The van der Waals surface area contributed by atoms with Crippen LogP contribution in [0.3, 0.4) is 0 Å². The van der Waals surface area contributed by atoms with Gasteiger partial charge in [0.1, 0.15) is 0 Å². The van der Waals surface area contributed by atoms with Crippen LogP contribution in [0.2, 0.25) is 0 Å². The molecule has 0 aliphatic carbocycles. The average Bonchev–Trinajstić information content (AvgIpc) is 2.32. The number of nitrogens with one attached hydrogen (secondary N) is 1. The van der Waals surface area contributed by atoms with E-state index in [1.807, 2.05) is 20.9 Å². The normalized spacial score (nSPS) is 10.2. The fourth-order valence-corrected chi connectivity index (χ4v) is 1.27. The molecule has 5 nitrogen and oxygen atoms in total. The number of aryl methyl sites for hydroxylation is 2. The van der Waals surface area contributed by atoms with Crippen LogP contribution >= 0.6 is 0 Å². The zero-order chi connectivity index (χ0) is 10.0. The number of carbonyl (C=O) groups excluding carboxylic acids is 1. The van der Waals surface area contributed by atoms with E-state index >= 15 is 0 Å². The lowest BCUT2D eigenvalue weighted by Gasteiger charge is -1.99. The zero-order valence-corrected chi connectivity index (χ0v) is 7.96. The molecule has 1 rings (SSSR count). The topological polar surface area (TPSA) is 67.2 Å². The van der Waals surface area contributed by atoms with E-state index in [9.17, 15) is 4.79 Å². The number of aromatic nitrogens is 2. The first-order valence-electron chi connectivity index (χ1n) is 3.98. The molecule has 1 amide bonds. The van der Waals surface area contributed by atoms with Crippen molar-refractivity contribution in [3.8, 4) is 0 Å². The van der Waals surface area contributed by atoms with E-state index in [1.54, 1.807) is 10.2 Å². The van der Waals surface area contributed by atoms with Gasteiger partial charge in [0.2, 0.25) is 5.91 Å².